The topological polar surface area (TPSA) is 26.0 Å². The van der Waals surface area contributed by atoms with Crippen LogP contribution in [0.3, 0.4) is 0 Å². The molecule has 0 amide bonds. The number of hydrogen-bond donors (Lipinski definition) is 1. The van der Waals surface area contributed by atoms with Gasteiger partial charge < -0.3 is 5.73 Å². The van der Waals surface area contributed by atoms with E-state index in [1.165, 1.54) is 36.8 Å². The molecule has 0 bridgehead atoms. The van der Waals surface area contributed by atoms with E-state index >= 15 is 0 Å². The van der Waals surface area contributed by atoms with Gasteiger partial charge in [0.1, 0.15) is 0 Å². The van der Waals surface area contributed by atoms with Crippen LogP contribution >= 0.6 is 0 Å². The van der Waals surface area contributed by atoms with Crippen LogP contribution in [0.1, 0.15) is 35.1 Å². The van der Waals surface area contributed by atoms with Crippen LogP contribution in [-0.2, 0) is 12.8 Å². The molecule has 15 heavy (non-hydrogen) atoms. The number of aryl methyl sites for hydroxylation is 2. The van der Waals surface area contributed by atoms with E-state index in [1.54, 1.807) is 11.1 Å². The standard InChI is InChI=1S/C14H21N/c1-10-7-11(2)14-4-3-12(5-6-15)9-13(14)8-10/h7-8,12H,3-6,9,15H2,1-2H3. The lowest BCUT2D eigenvalue weighted by atomic mass is 9.80. The summed E-state index contributed by atoms with van der Waals surface area (Å²) in [4.78, 5) is 0. The Kier molecular flexibility index (Phi) is 3.11. The summed E-state index contributed by atoms with van der Waals surface area (Å²) in [5.41, 5.74) is 11.7. The van der Waals surface area contributed by atoms with Gasteiger partial charge in [-0.25, -0.2) is 0 Å². The predicted octanol–water partition coefficient (Wildman–Crippen LogP) is 2.76. The first kappa shape index (κ1) is 10.7. The lowest BCUT2D eigenvalue weighted by molar-refractivity contribution is 0.432. The second-order valence-corrected chi connectivity index (χ2v) is 4.91. The average Bonchev–Trinajstić information content (AvgIpc) is 2.17. The molecule has 0 radical (unpaired) electrons. The first-order valence-corrected chi connectivity index (χ1v) is 5.99. The molecule has 0 spiro atoms. The van der Waals surface area contributed by atoms with Gasteiger partial charge in [-0.05, 0) is 68.7 Å². The predicted molar refractivity (Wildman–Crippen MR) is 65.1 cm³/mol. The number of nitrogens with two attached hydrogens (primary N) is 1. The quantitative estimate of drug-likeness (QED) is 0.786. The fourth-order valence-electron chi connectivity index (χ4n) is 2.87. The summed E-state index contributed by atoms with van der Waals surface area (Å²) in [6.45, 7) is 5.28. The van der Waals surface area contributed by atoms with Crippen LogP contribution in [0, 0.1) is 19.8 Å². The molecule has 1 aromatic rings. The highest BCUT2D eigenvalue weighted by molar-refractivity contribution is 5.39. The van der Waals surface area contributed by atoms with Gasteiger partial charge in [0.25, 0.3) is 0 Å². The van der Waals surface area contributed by atoms with Gasteiger partial charge in [-0.15, -0.1) is 0 Å². The van der Waals surface area contributed by atoms with Crippen molar-refractivity contribution in [3.05, 3.63) is 34.4 Å². The zero-order chi connectivity index (χ0) is 10.8. The maximum absolute atomic E-state index is 5.64. The first-order chi connectivity index (χ1) is 7.20. The van der Waals surface area contributed by atoms with E-state index in [0.717, 1.165) is 12.5 Å². The van der Waals surface area contributed by atoms with Crippen molar-refractivity contribution in [3.8, 4) is 0 Å². The van der Waals surface area contributed by atoms with Crippen LogP contribution in [-0.4, -0.2) is 6.54 Å². The molecular formula is C14H21N. The molecule has 1 unspecified atom stereocenters. The number of rotatable bonds is 2. The highest BCUT2D eigenvalue weighted by Crippen LogP contribution is 2.30. The molecule has 0 heterocycles. The van der Waals surface area contributed by atoms with Crippen LogP contribution in [0.25, 0.3) is 0 Å². The molecule has 0 saturated heterocycles. The minimum absolute atomic E-state index is 0.823. The van der Waals surface area contributed by atoms with E-state index in [4.69, 9.17) is 5.73 Å². The fraction of sp³-hybridized carbons (Fsp3) is 0.571. The van der Waals surface area contributed by atoms with Crippen LogP contribution in [0.2, 0.25) is 0 Å². The molecule has 1 aromatic carbocycles. The van der Waals surface area contributed by atoms with Crippen molar-refractivity contribution in [2.75, 3.05) is 6.54 Å². The summed E-state index contributed by atoms with van der Waals surface area (Å²) in [5, 5.41) is 0. The lowest BCUT2D eigenvalue weighted by Gasteiger charge is -2.26. The summed E-state index contributed by atoms with van der Waals surface area (Å²) in [6, 6.07) is 4.67. The van der Waals surface area contributed by atoms with Crippen molar-refractivity contribution in [2.45, 2.75) is 39.5 Å². The van der Waals surface area contributed by atoms with Gasteiger partial charge in [0.15, 0.2) is 0 Å². The molecule has 82 valence electrons. The van der Waals surface area contributed by atoms with Gasteiger partial charge in [-0.2, -0.15) is 0 Å². The summed E-state index contributed by atoms with van der Waals surface area (Å²) in [7, 11) is 0. The highest BCUT2D eigenvalue weighted by Gasteiger charge is 2.19. The van der Waals surface area contributed by atoms with Crippen LogP contribution in [0.5, 0.6) is 0 Å². The molecule has 0 saturated carbocycles. The van der Waals surface area contributed by atoms with Gasteiger partial charge >= 0.3 is 0 Å². The van der Waals surface area contributed by atoms with E-state index in [2.05, 4.69) is 26.0 Å². The zero-order valence-electron chi connectivity index (χ0n) is 9.84. The molecule has 1 atom stereocenters. The van der Waals surface area contributed by atoms with Crippen molar-refractivity contribution in [2.24, 2.45) is 11.7 Å². The third kappa shape index (κ3) is 2.23. The normalized spacial score (nSPS) is 20.1. The molecular weight excluding hydrogens is 182 g/mol. The Morgan fingerprint density at radius 3 is 2.87 bits per heavy atom. The molecule has 0 aliphatic heterocycles. The maximum Gasteiger partial charge on any atom is -0.00745 e. The van der Waals surface area contributed by atoms with Crippen molar-refractivity contribution in [1.29, 1.82) is 0 Å². The molecule has 0 fully saturated rings. The third-order valence-corrected chi connectivity index (χ3v) is 3.60. The smallest absolute Gasteiger partial charge is 0.00745 e. The molecule has 1 aliphatic rings. The highest BCUT2D eigenvalue weighted by atomic mass is 14.5. The Hall–Kier alpha value is -0.820. The Morgan fingerprint density at radius 1 is 1.33 bits per heavy atom. The van der Waals surface area contributed by atoms with Gasteiger partial charge in [0.05, 0.1) is 0 Å². The minimum Gasteiger partial charge on any atom is -0.330 e. The van der Waals surface area contributed by atoms with Crippen molar-refractivity contribution >= 4 is 0 Å². The molecule has 2 rings (SSSR count). The van der Waals surface area contributed by atoms with E-state index in [1.807, 2.05) is 0 Å². The van der Waals surface area contributed by atoms with Crippen LogP contribution in [0.15, 0.2) is 12.1 Å². The number of fused-ring (bicyclic) bond motifs is 1. The lowest BCUT2D eigenvalue weighted by Crippen LogP contribution is -2.18. The van der Waals surface area contributed by atoms with Gasteiger partial charge in [0.2, 0.25) is 0 Å². The minimum atomic E-state index is 0.823. The third-order valence-electron chi connectivity index (χ3n) is 3.60. The Morgan fingerprint density at radius 2 is 2.13 bits per heavy atom. The number of hydrogen-bond acceptors (Lipinski definition) is 1. The van der Waals surface area contributed by atoms with E-state index in [9.17, 15) is 0 Å². The largest absolute Gasteiger partial charge is 0.330 e. The molecule has 0 aromatic heterocycles. The van der Waals surface area contributed by atoms with Crippen molar-refractivity contribution in [3.63, 3.8) is 0 Å². The molecule has 1 aliphatic carbocycles. The summed E-state index contributed by atoms with van der Waals surface area (Å²) < 4.78 is 0. The second-order valence-electron chi connectivity index (χ2n) is 4.91. The van der Waals surface area contributed by atoms with E-state index in [-0.39, 0.29) is 0 Å². The van der Waals surface area contributed by atoms with Crippen LogP contribution in [0.4, 0.5) is 0 Å². The van der Waals surface area contributed by atoms with Crippen molar-refractivity contribution in [1.82, 2.24) is 0 Å². The van der Waals surface area contributed by atoms with Gasteiger partial charge in [-0.3, -0.25) is 0 Å². The fourth-order valence-corrected chi connectivity index (χ4v) is 2.87. The molecule has 2 N–H and O–H groups in total. The molecule has 1 nitrogen and oxygen atoms in total. The van der Waals surface area contributed by atoms with Crippen LogP contribution < -0.4 is 5.73 Å². The second kappa shape index (κ2) is 4.36. The Labute approximate surface area is 92.7 Å². The monoisotopic (exact) mass is 203 g/mol. The summed E-state index contributed by atoms with van der Waals surface area (Å²) >= 11 is 0. The summed E-state index contributed by atoms with van der Waals surface area (Å²) in [6.07, 6.45) is 5.02. The Balaban J connectivity index is 2.25. The summed E-state index contributed by atoms with van der Waals surface area (Å²) in [5.74, 6) is 0.823. The van der Waals surface area contributed by atoms with Crippen molar-refractivity contribution < 1.29 is 0 Å². The maximum atomic E-state index is 5.64. The van der Waals surface area contributed by atoms with E-state index in [0.29, 0.717) is 0 Å². The van der Waals surface area contributed by atoms with Gasteiger partial charge in [0, 0.05) is 0 Å². The first-order valence-electron chi connectivity index (χ1n) is 5.99. The molecule has 1 heteroatoms. The Bertz CT molecular complexity index is 355. The average molecular weight is 203 g/mol. The SMILES string of the molecule is Cc1cc(C)c2c(c1)CC(CCN)CC2. The number of benzene rings is 1. The van der Waals surface area contributed by atoms with E-state index < -0.39 is 0 Å². The van der Waals surface area contributed by atoms with Gasteiger partial charge in [-0.1, -0.05) is 17.7 Å². The zero-order valence-corrected chi connectivity index (χ0v) is 9.84.